The molecule has 0 unspecified atom stereocenters. The highest BCUT2D eigenvalue weighted by Gasteiger charge is 2.41. The molecule has 7 nitrogen and oxygen atoms in total. The summed E-state index contributed by atoms with van der Waals surface area (Å²) in [6, 6.07) is 0. The SMILES string of the molecule is CCCCCCc1nnnn1CC1(C(=O)O)CCOCC1. The Labute approximate surface area is 124 Å². The van der Waals surface area contributed by atoms with E-state index in [-0.39, 0.29) is 0 Å². The van der Waals surface area contributed by atoms with Gasteiger partial charge < -0.3 is 9.84 Å². The number of carbonyl (C=O) groups is 1. The highest BCUT2D eigenvalue weighted by molar-refractivity contribution is 5.74. The number of aliphatic carboxylic acids is 1. The zero-order valence-corrected chi connectivity index (χ0v) is 12.6. The molecule has 0 aliphatic carbocycles. The van der Waals surface area contributed by atoms with Crippen LogP contribution in [0.5, 0.6) is 0 Å². The van der Waals surface area contributed by atoms with Crippen molar-refractivity contribution < 1.29 is 14.6 Å². The Morgan fingerprint density at radius 1 is 1.33 bits per heavy atom. The Balaban J connectivity index is 2.01. The van der Waals surface area contributed by atoms with Crippen LogP contribution in [-0.2, 0) is 22.5 Å². The largest absolute Gasteiger partial charge is 0.481 e. The van der Waals surface area contributed by atoms with Crippen LogP contribution in [0.1, 0.15) is 51.3 Å². The number of ether oxygens (including phenoxy) is 1. The lowest BCUT2D eigenvalue weighted by Gasteiger charge is -2.32. The monoisotopic (exact) mass is 296 g/mol. The summed E-state index contributed by atoms with van der Waals surface area (Å²) in [7, 11) is 0. The van der Waals surface area contributed by atoms with Gasteiger partial charge in [0.2, 0.25) is 0 Å². The van der Waals surface area contributed by atoms with Crippen molar-refractivity contribution in [1.29, 1.82) is 0 Å². The number of aromatic nitrogens is 4. The smallest absolute Gasteiger partial charge is 0.311 e. The van der Waals surface area contributed by atoms with E-state index in [9.17, 15) is 9.90 Å². The number of unbranched alkanes of at least 4 members (excludes halogenated alkanes) is 3. The van der Waals surface area contributed by atoms with Crippen molar-refractivity contribution in [1.82, 2.24) is 20.2 Å². The summed E-state index contributed by atoms with van der Waals surface area (Å²) >= 11 is 0. The molecule has 2 heterocycles. The number of nitrogens with zero attached hydrogens (tertiary/aromatic N) is 4. The van der Waals surface area contributed by atoms with Crippen LogP contribution in [0.15, 0.2) is 0 Å². The highest BCUT2D eigenvalue weighted by Crippen LogP contribution is 2.32. The minimum atomic E-state index is -0.800. The fourth-order valence-corrected chi connectivity index (χ4v) is 2.72. The predicted molar refractivity (Wildman–Crippen MR) is 75.8 cm³/mol. The van der Waals surface area contributed by atoms with Gasteiger partial charge in [-0.25, -0.2) is 4.68 Å². The number of hydrogen-bond donors (Lipinski definition) is 1. The third-order valence-corrected chi connectivity index (χ3v) is 4.22. The van der Waals surface area contributed by atoms with Crippen LogP contribution in [0, 0.1) is 5.41 Å². The molecule has 0 radical (unpaired) electrons. The van der Waals surface area contributed by atoms with Crippen molar-refractivity contribution >= 4 is 5.97 Å². The molecule has 0 bridgehead atoms. The summed E-state index contributed by atoms with van der Waals surface area (Å²) in [5, 5.41) is 21.3. The Morgan fingerprint density at radius 3 is 2.76 bits per heavy atom. The lowest BCUT2D eigenvalue weighted by atomic mass is 9.80. The van der Waals surface area contributed by atoms with E-state index in [0.717, 1.165) is 25.1 Å². The van der Waals surface area contributed by atoms with Crippen LogP contribution in [0.4, 0.5) is 0 Å². The van der Waals surface area contributed by atoms with Crippen LogP contribution in [-0.4, -0.2) is 44.5 Å². The van der Waals surface area contributed by atoms with E-state index in [2.05, 4.69) is 22.4 Å². The molecule has 118 valence electrons. The molecule has 1 N–H and O–H groups in total. The lowest BCUT2D eigenvalue weighted by molar-refractivity contribution is -0.156. The lowest BCUT2D eigenvalue weighted by Crippen LogP contribution is -2.41. The van der Waals surface area contributed by atoms with Gasteiger partial charge in [-0.05, 0) is 29.7 Å². The summed E-state index contributed by atoms with van der Waals surface area (Å²) in [6.45, 7) is 3.48. The van der Waals surface area contributed by atoms with Gasteiger partial charge in [0.15, 0.2) is 5.82 Å². The molecule has 0 atom stereocenters. The zero-order chi connectivity index (χ0) is 15.1. The maximum Gasteiger partial charge on any atom is 0.311 e. The summed E-state index contributed by atoms with van der Waals surface area (Å²) in [5.74, 6) is 0.0106. The van der Waals surface area contributed by atoms with Gasteiger partial charge >= 0.3 is 5.97 Å². The topological polar surface area (TPSA) is 90.1 Å². The summed E-state index contributed by atoms with van der Waals surface area (Å²) < 4.78 is 6.96. The zero-order valence-electron chi connectivity index (χ0n) is 12.6. The number of aryl methyl sites for hydroxylation is 1. The first kappa shape index (κ1) is 15.9. The van der Waals surface area contributed by atoms with E-state index in [1.54, 1.807) is 4.68 Å². The minimum Gasteiger partial charge on any atom is -0.481 e. The Kier molecular flexibility index (Phi) is 5.67. The van der Waals surface area contributed by atoms with Crippen molar-refractivity contribution in [2.45, 2.75) is 58.4 Å². The molecule has 7 heteroatoms. The van der Waals surface area contributed by atoms with Gasteiger partial charge in [0.1, 0.15) is 0 Å². The van der Waals surface area contributed by atoms with Gasteiger partial charge in [0, 0.05) is 19.6 Å². The molecule has 1 aromatic heterocycles. The molecule has 1 saturated heterocycles. The Morgan fingerprint density at radius 2 is 2.10 bits per heavy atom. The van der Waals surface area contributed by atoms with Crippen molar-refractivity contribution in [2.75, 3.05) is 13.2 Å². The van der Waals surface area contributed by atoms with Crippen LogP contribution in [0.3, 0.4) is 0 Å². The van der Waals surface area contributed by atoms with Gasteiger partial charge in [0.25, 0.3) is 0 Å². The summed E-state index contributed by atoms with van der Waals surface area (Å²) in [4.78, 5) is 11.7. The molecule has 0 spiro atoms. The minimum absolute atomic E-state index is 0.335. The Bertz CT molecular complexity index is 455. The van der Waals surface area contributed by atoms with Crippen molar-refractivity contribution in [3.8, 4) is 0 Å². The first-order valence-corrected chi connectivity index (χ1v) is 7.74. The standard InChI is InChI=1S/C14H24N4O3/c1-2-3-4-5-6-12-15-16-17-18(12)11-14(13(19)20)7-9-21-10-8-14/h2-11H2,1H3,(H,19,20). The second-order valence-corrected chi connectivity index (χ2v) is 5.76. The van der Waals surface area contributed by atoms with Crippen molar-refractivity contribution in [3.05, 3.63) is 5.82 Å². The highest BCUT2D eigenvalue weighted by atomic mass is 16.5. The van der Waals surface area contributed by atoms with E-state index in [0.29, 0.717) is 32.6 Å². The molecule has 1 aromatic rings. The van der Waals surface area contributed by atoms with Crippen molar-refractivity contribution in [2.24, 2.45) is 5.41 Å². The third kappa shape index (κ3) is 4.00. The second-order valence-electron chi connectivity index (χ2n) is 5.76. The number of carboxylic acids is 1. The molecule has 21 heavy (non-hydrogen) atoms. The van der Waals surface area contributed by atoms with Gasteiger partial charge in [-0.2, -0.15) is 0 Å². The normalized spacial score (nSPS) is 17.8. The van der Waals surface area contributed by atoms with Crippen LogP contribution in [0.2, 0.25) is 0 Å². The van der Waals surface area contributed by atoms with Gasteiger partial charge in [-0.1, -0.05) is 26.2 Å². The Hall–Kier alpha value is -1.50. The molecule has 1 aliphatic heterocycles. The fraction of sp³-hybridized carbons (Fsp3) is 0.857. The number of tetrazole rings is 1. The molecule has 0 aromatic carbocycles. The van der Waals surface area contributed by atoms with E-state index >= 15 is 0 Å². The molecular formula is C14H24N4O3. The average molecular weight is 296 g/mol. The molecule has 2 rings (SSSR count). The van der Waals surface area contributed by atoms with Crippen molar-refractivity contribution in [3.63, 3.8) is 0 Å². The van der Waals surface area contributed by atoms with Crippen LogP contribution in [0.25, 0.3) is 0 Å². The quantitative estimate of drug-likeness (QED) is 0.734. The number of rotatable bonds is 8. The van der Waals surface area contributed by atoms with Gasteiger partial charge in [-0.3, -0.25) is 4.79 Å². The molecule has 0 saturated carbocycles. The van der Waals surface area contributed by atoms with Crippen LogP contribution >= 0.6 is 0 Å². The first-order valence-electron chi connectivity index (χ1n) is 7.74. The summed E-state index contributed by atoms with van der Waals surface area (Å²) in [5.41, 5.74) is -0.800. The third-order valence-electron chi connectivity index (χ3n) is 4.22. The van der Waals surface area contributed by atoms with E-state index < -0.39 is 11.4 Å². The van der Waals surface area contributed by atoms with E-state index in [1.165, 1.54) is 12.8 Å². The molecule has 1 aliphatic rings. The maximum absolute atomic E-state index is 11.7. The van der Waals surface area contributed by atoms with E-state index in [4.69, 9.17) is 4.74 Å². The van der Waals surface area contributed by atoms with Crippen LogP contribution < -0.4 is 0 Å². The maximum atomic E-state index is 11.7. The first-order chi connectivity index (χ1) is 10.2. The summed E-state index contributed by atoms with van der Waals surface area (Å²) in [6.07, 6.45) is 6.41. The molecule has 0 amide bonds. The predicted octanol–water partition coefficient (Wildman–Crippen LogP) is 1.68. The molecular weight excluding hydrogens is 272 g/mol. The molecule has 1 fully saturated rings. The van der Waals surface area contributed by atoms with E-state index in [1.807, 2.05) is 0 Å². The second kappa shape index (κ2) is 7.49. The average Bonchev–Trinajstić information content (AvgIpc) is 2.91. The number of hydrogen-bond acceptors (Lipinski definition) is 5. The fourth-order valence-electron chi connectivity index (χ4n) is 2.72. The number of carboxylic acid groups (broad SMARTS) is 1. The van der Waals surface area contributed by atoms with Gasteiger partial charge in [-0.15, -0.1) is 5.10 Å². The van der Waals surface area contributed by atoms with Gasteiger partial charge in [0.05, 0.1) is 12.0 Å².